The number of rotatable bonds is 6. The molecule has 0 spiro atoms. The average molecular weight is 248 g/mol. The molecule has 3 atom stereocenters. The van der Waals surface area contributed by atoms with Crippen LogP contribution in [-0.2, 0) is 0 Å². The second-order valence-corrected chi connectivity index (χ2v) is 5.36. The van der Waals surface area contributed by atoms with Gasteiger partial charge in [-0.25, -0.2) is 0 Å². The maximum atomic E-state index is 5.75. The van der Waals surface area contributed by atoms with E-state index in [0.29, 0.717) is 17.9 Å². The topological polar surface area (TPSA) is 47.3 Å². The lowest BCUT2D eigenvalue weighted by Crippen LogP contribution is -2.41. The molecule has 1 aliphatic heterocycles. The molecule has 1 heterocycles. The third kappa shape index (κ3) is 2.85. The van der Waals surface area contributed by atoms with Gasteiger partial charge in [-0.1, -0.05) is 44.9 Å². The highest BCUT2D eigenvalue weighted by Gasteiger charge is 2.31. The van der Waals surface area contributed by atoms with Crippen LogP contribution >= 0.6 is 0 Å². The predicted octanol–water partition coefficient (Wildman–Crippen LogP) is 2.82. The lowest BCUT2D eigenvalue weighted by Gasteiger charge is -2.25. The molecule has 3 N–H and O–H groups in total. The SMILES string of the molecule is CCCC(C)CC(NN)C1COc2ccccc21. The van der Waals surface area contributed by atoms with Gasteiger partial charge in [0.1, 0.15) is 5.75 Å². The molecule has 2 rings (SSSR count). The number of para-hydroxylation sites is 1. The molecule has 1 aliphatic rings. The zero-order valence-corrected chi connectivity index (χ0v) is 11.4. The number of fused-ring (bicyclic) bond motifs is 1. The third-order valence-electron chi connectivity index (χ3n) is 3.87. The van der Waals surface area contributed by atoms with Crippen molar-refractivity contribution in [2.45, 2.75) is 45.1 Å². The molecule has 1 aromatic carbocycles. The van der Waals surface area contributed by atoms with Crippen molar-refractivity contribution in [3.8, 4) is 5.75 Å². The first kappa shape index (κ1) is 13.4. The second-order valence-electron chi connectivity index (χ2n) is 5.36. The highest BCUT2D eigenvalue weighted by atomic mass is 16.5. The molecule has 0 saturated carbocycles. The van der Waals surface area contributed by atoms with Crippen molar-refractivity contribution in [1.29, 1.82) is 0 Å². The van der Waals surface area contributed by atoms with Crippen LogP contribution in [-0.4, -0.2) is 12.6 Å². The van der Waals surface area contributed by atoms with Gasteiger partial charge in [-0.15, -0.1) is 0 Å². The van der Waals surface area contributed by atoms with Gasteiger partial charge in [0.2, 0.25) is 0 Å². The first-order valence-electron chi connectivity index (χ1n) is 6.94. The third-order valence-corrected chi connectivity index (χ3v) is 3.87. The van der Waals surface area contributed by atoms with Gasteiger partial charge in [0.15, 0.2) is 0 Å². The van der Waals surface area contributed by atoms with Crippen molar-refractivity contribution in [3.63, 3.8) is 0 Å². The Hall–Kier alpha value is -1.06. The Morgan fingerprint density at radius 3 is 2.94 bits per heavy atom. The van der Waals surface area contributed by atoms with Gasteiger partial charge in [-0.3, -0.25) is 11.3 Å². The molecule has 0 aromatic heterocycles. The minimum Gasteiger partial charge on any atom is -0.493 e. The molecule has 3 unspecified atom stereocenters. The number of ether oxygens (including phenoxy) is 1. The Bertz CT molecular complexity index is 381. The summed E-state index contributed by atoms with van der Waals surface area (Å²) in [6, 6.07) is 8.59. The van der Waals surface area contributed by atoms with E-state index < -0.39 is 0 Å². The average Bonchev–Trinajstić information content (AvgIpc) is 2.80. The van der Waals surface area contributed by atoms with E-state index >= 15 is 0 Å². The Kier molecular flexibility index (Phi) is 4.61. The summed E-state index contributed by atoms with van der Waals surface area (Å²) in [7, 11) is 0. The smallest absolute Gasteiger partial charge is 0.122 e. The Labute approximate surface area is 110 Å². The standard InChI is InChI=1S/C15H24N2O/c1-3-6-11(2)9-14(17-16)13-10-18-15-8-5-4-7-12(13)15/h4-5,7-8,11,13-14,17H,3,6,9-10,16H2,1-2H3. The molecule has 0 bridgehead atoms. The molecule has 18 heavy (non-hydrogen) atoms. The second kappa shape index (κ2) is 6.21. The fourth-order valence-corrected chi connectivity index (χ4v) is 2.91. The summed E-state index contributed by atoms with van der Waals surface area (Å²) in [5.74, 6) is 7.85. The van der Waals surface area contributed by atoms with Crippen molar-refractivity contribution in [3.05, 3.63) is 29.8 Å². The first-order chi connectivity index (χ1) is 8.76. The summed E-state index contributed by atoms with van der Waals surface area (Å²) in [6.45, 7) is 5.28. The van der Waals surface area contributed by atoms with E-state index in [1.165, 1.54) is 18.4 Å². The molecule has 3 heteroatoms. The maximum absolute atomic E-state index is 5.75. The van der Waals surface area contributed by atoms with Gasteiger partial charge in [0.05, 0.1) is 6.61 Å². The van der Waals surface area contributed by atoms with Crippen LogP contribution in [0.4, 0.5) is 0 Å². The lowest BCUT2D eigenvalue weighted by atomic mass is 9.86. The molecule has 0 aliphatic carbocycles. The van der Waals surface area contributed by atoms with Gasteiger partial charge in [-0.05, 0) is 18.4 Å². The molecule has 0 radical (unpaired) electrons. The lowest BCUT2D eigenvalue weighted by molar-refractivity contribution is 0.274. The van der Waals surface area contributed by atoms with Crippen LogP contribution in [0.25, 0.3) is 0 Å². The van der Waals surface area contributed by atoms with Crippen LogP contribution in [0.15, 0.2) is 24.3 Å². The number of nitrogens with two attached hydrogens (primary N) is 1. The van der Waals surface area contributed by atoms with E-state index in [4.69, 9.17) is 10.6 Å². The first-order valence-corrected chi connectivity index (χ1v) is 6.94. The van der Waals surface area contributed by atoms with Crippen LogP contribution in [0.3, 0.4) is 0 Å². The van der Waals surface area contributed by atoms with E-state index in [0.717, 1.165) is 18.8 Å². The number of hydrazine groups is 1. The van der Waals surface area contributed by atoms with Crippen molar-refractivity contribution in [1.82, 2.24) is 5.43 Å². The van der Waals surface area contributed by atoms with Gasteiger partial charge in [0.25, 0.3) is 0 Å². The molecule has 0 saturated heterocycles. The normalized spacial score (nSPS) is 21.2. The molecule has 3 nitrogen and oxygen atoms in total. The fraction of sp³-hybridized carbons (Fsp3) is 0.600. The molecule has 0 amide bonds. The van der Waals surface area contributed by atoms with Crippen LogP contribution in [0.1, 0.15) is 44.6 Å². The Balaban J connectivity index is 2.06. The van der Waals surface area contributed by atoms with Crippen molar-refractivity contribution < 1.29 is 4.74 Å². The molecule has 1 aromatic rings. The maximum Gasteiger partial charge on any atom is 0.122 e. The molecular weight excluding hydrogens is 224 g/mol. The fourth-order valence-electron chi connectivity index (χ4n) is 2.91. The minimum atomic E-state index is 0.301. The van der Waals surface area contributed by atoms with Crippen LogP contribution in [0, 0.1) is 5.92 Å². The summed E-state index contributed by atoms with van der Waals surface area (Å²) in [6.07, 6.45) is 3.59. The quantitative estimate of drug-likeness (QED) is 0.601. The number of hydrogen-bond acceptors (Lipinski definition) is 3. The van der Waals surface area contributed by atoms with Gasteiger partial charge in [-0.2, -0.15) is 0 Å². The highest BCUT2D eigenvalue weighted by molar-refractivity contribution is 5.40. The summed E-state index contributed by atoms with van der Waals surface area (Å²) < 4.78 is 5.74. The van der Waals surface area contributed by atoms with Crippen LogP contribution < -0.4 is 16.0 Å². The van der Waals surface area contributed by atoms with Crippen LogP contribution in [0.5, 0.6) is 5.75 Å². The summed E-state index contributed by atoms with van der Waals surface area (Å²) in [5, 5.41) is 0. The van der Waals surface area contributed by atoms with E-state index in [2.05, 4.69) is 31.4 Å². The molecular formula is C15H24N2O. The monoisotopic (exact) mass is 248 g/mol. The highest BCUT2D eigenvalue weighted by Crippen LogP contribution is 2.37. The summed E-state index contributed by atoms with van der Waals surface area (Å²) in [5.41, 5.74) is 4.29. The zero-order valence-electron chi connectivity index (χ0n) is 11.4. The number of nitrogens with one attached hydrogen (secondary N) is 1. The molecule has 100 valence electrons. The van der Waals surface area contributed by atoms with Crippen LogP contribution in [0.2, 0.25) is 0 Å². The zero-order chi connectivity index (χ0) is 13.0. The number of benzene rings is 1. The van der Waals surface area contributed by atoms with E-state index in [1.54, 1.807) is 0 Å². The van der Waals surface area contributed by atoms with Gasteiger partial charge in [0, 0.05) is 17.5 Å². The Morgan fingerprint density at radius 1 is 1.44 bits per heavy atom. The van der Waals surface area contributed by atoms with Gasteiger partial charge >= 0.3 is 0 Å². The number of hydrogen-bond donors (Lipinski definition) is 2. The van der Waals surface area contributed by atoms with Gasteiger partial charge < -0.3 is 4.74 Å². The summed E-state index contributed by atoms with van der Waals surface area (Å²) in [4.78, 5) is 0. The van der Waals surface area contributed by atoms with Crippen molar-refractivity contribution >= 4 is 0 Å². The van der Waals surface area contributed by atoms with E-state index in [-0.39, 0.29) is 0 Å². The van der Waals surface area contributed by atoms with E-state index in [9.17, 15) is 0 Å². The predicted molar refractivity (Wildman–Crippen MR) is 74.5 cm³/mol. The Morgan fingerprint density at radius 2 is 2.22 bits per heavy atom. The largest absolute Gasteiger partial charge is 0.493 e. The minimum absolute atomic E-state index is 0.301. The molecule has 0 fully saturated rings. The van der Waals surface area contributed by atoms with E-state index in [1.807, 2.05) is 12.1 Å². The summed E-state index contributed by atoms with van der Waals surface area (Å²) >= 11 is 0. The van der Waals surface area contributed by atoms with Crippen molar-refractivity contribution in [2.24, 2.45) is 11.8 Å². The van der Waals surface area contributed by atoms with Crippen molar-refractivity contribution in [2.75, 3.05) is 6.61 Å².